The molecule has 1 aliphatic heterocycles. The van der Waals surface area contributed by atoms with E-state index in [1.165, 1.54) is 0 Å². The van der Waals surface area contributed by atoms with Gasteiger partial charge in [-0.3, -0.25) is 4.98 Å². The van der Waals surface area contributed by atoms with Crippen molar-refractivity contribution in [1.82, 2.24) is 14.6 Å². The van der Waals surface area contributed by atoms with E-state index in [1.807, 2.05) is 30.5 Å². The molecule has 5 nitrogen and oxygen atoms in total. The molecule has 0 amide bonds. The molecule has 1 fully saturated rings. The zero-order chi connectivity index (χ0) is 16.6. The molecular formula is C18H21Cl2N3O2S. The molecule has 4 rings (SSSR count). The summed E-state index contributed by atoms with van der Waals surface area (Å²) in [6.45, 7) is 2.62. The number of nitrogens with one attached hydrogen (secondary N) is 1. The van der Waals surface area contributed by atoms with Gasteiger partial charge in [0.2, 0.25) is 10.0 Å². The van der Waals surface area contributed by atoms with Crippen LogP contribution in [0.15, 0.2) is 53.6 Å². The smallest absolute Gasteiger partial charge is 0.243 e. The number of halogens is 2. The van der Waals surface area contributed by atoms with E-state index in [0.717, 1.165) is 34.6 Å². The molecule has 8 heteroatoms. The molecule has 0 atom stereocenters. The summed E-state index contributed by atoms with van der Waals surface area (Å²) in [6, 6.07) is 13.1. The Morgan fingerprint density at radius 1 is 0.962 bits per heavy atom. The predicted octanol–water partition coefficient (Wildman–Crippen LogP) is 3.22. The first-order valence-corrected chi connectivity index (χ1v) is 9.59. The van der Waals surface area contributed by atoms with Gasteiger partial charge in [-0.05, 0) is 36.6 Å². The van der Waals surface area contributed by atoms with Crippen LogP contribution in [0.25, 0.3) is 21.7 Å². The molecule has 0 aliphatic carbocycles. The number of nitrogens with zero attached hydrogens (tertiary/aromatic N) is 2. The molecule has 1 aromatic heterocycles. The fourth-order valence-electron chi connectivity index (χ4n) is 3.21. The van der Waals surface area contributed by atoms with Crippen LogP contribution < -0.4 is 5.32 Å². The van der Waals surface area contributed by atoms with Crippen molar-refractivity contribution in [3.05, 3.63) is 48.7 Å². The van der Waals surface area contributed by atoms with Crippen molar-refractivity contribution >= 4 is 56.5 Å². The third kappa shape index (κ3) is 3.80. The summed E-state index contributed by atoms with van der Waals surface area (Å²) in [7, 11) is -3.48. The summed E-state index contributed by atoms with van der Waals surface area (Å²) in [5.74, 6) is 0. The molecular weight excluding hydrogens is 393 g/mol. The maximum Gasteiger partial charge on any atom is 0.243 e. The second-order valence-electron chi connectivity index (χ2n) is 6.03. The largest absolute Gasteiger partial charge is 0.315 e. The molecule has 1 aliphatic rings. The number of pyridine rings is 1. The van der Waals surface area contributed by atoms with E-state index in [9.17, 15) is 8.42 Å². The Hall–Kier alpha value is -1.44. The van der Waals surface area contributed by atoms with Gasteiger partial charge in [0.1, 0.15) is 0 Å². The molecule has 2 heterocycles. The molecule has 0 bridgehead atoms. The van der Waals surface area contributed by atoms with Crippen molar-refractivity contribution in [2.75, 3.05) is 26.2 Å². The first-order chi connectivity index (χ1) is 11.7. The maximum atomic E-state index is 13.0. The SMILES string of the molecule is Cl.Cl.O=S(=O)(c1ccc2ncc3ccccc3c2c1)N1CCCNCC1. The number of hydrogen-bond donors (Lipinski definition) is 1. The number of fused-ring (bicyclic) bond motifs is 3. The highest BCUT2D eigenvalue weighted by molar-refractivity contribution is 7.89. The van der Waals surface area contributed by atoms with Crippen LogP contribution in [0.2, 0.25) is 0 Å². The first kappa shape index (κ1) is 20.9. The Morgan fingerprint density at radius 3 is 2.62 bits per heavy atom. The summed E-state index contributed by atoms with van der Waals surface area (Å²) in [4.78, 5) is 4.78. The maximum absolute atomic E-state index is 13.0. The van der Waals surface area contributed by atoms with E-state index in [-0.39, 0.29) is 24.8 Å². The minimum atomic E-state index is -3.48. The molecule has 1 N–H and O–H groups in total. The van der Waals surface area contributed by atoms with E-state index in [2.05, 4.69) is 10.3 Å². The Kier molecular flexibility index (Phi) is 6.82. The minimum Gasteiger partial charge on any atom is -0.315 e. The van der Waals surface area contributed by atoms with E-state index in [1.54, 1.807) is 22.5 Å². The standard InChI is InChI=1S/C18H19N3O2S.2ClH/c22-24(23,21-10-3-8-19-9-11-21)15-6-7-18-17(12-15)16-5-2-1-4-14(16)13-20-18;;/h1-2,4-7,12-13,19H,3,8-11H2;2*1H. The molecule has 0 spiro atoms. The molecule has 2 aromatic carbocycles. The lowest BCUT2D eigenvalue weighted by molar-refractivity contribution is 0.432. The van der Waals surface area contributed by atoms with E-state index in [0.29, 0.717) is 24.5 Å². The lowest BCUT2D eigenvalue weighted by Gasteiger charge is -2.20. The highest BCUT2D eigenvalue weighted by Crippen LogP contribution is 2.27. The van der Waals surface area contributed by atoms with Crippen molar-refractivity contribution < 1.29 is 8.42 Å². The van der Waals surface area contributed by atoms with Gasteiger partial charge in [0.25, 0.3) is 0 Å². The zero-order valence-electron chi connectivity index (χ0n) is 14.1. The monoisotopic (exact) mass is 413 g/mol. The van der Waals surface area contributed by atoms with Crippen LogP contribution in [0.3, 0.4) is 0 Å². The van der Waals surface area contributed by atoms with Gasteiger partial charge in [-0.15, -0.1) is 24.8 Å². The van der Waals surface area contributed by atoms with Crippen LogP contribution >= 0.6 is 24.8 Å². The second kappa shape index (κ2) is 8.50. The molecule has 0 unspecified atom stereocenters. The molecule has 1 saturated heterocycles. The third-order valence-corrected chi connectivity index (χ3v) is 6.39. The summed E-state index contributed by atoms with van der Waals surface area (Å²) in [5.41, 5.74) is 0.810. The quantitative estimate of drug-likeness (QED) is 0.655. The van der Waals surface area contributed by atoms with Gasteiger partial charge in [-0.2, -0.15) is 4.31 Å². The van der Waals surface area contributed by atoms with Gasteiger partial charge in [0.15, 0.2) is 0 Å². The Labute approximate surface area is 165 Å². The second-order valence-corrected chi connectivity index (χ2v) is 7.97. The predicted molar refractivity (Wildman–Crippen MR) is 110 cm³/mol. The summed E-state index contributed by atoms with van der Waals surface area (Å²) < 4.78 is 27.6. The van der Waals surface area contributed by atoms with Crippen molar-refractivity contribution in [3.8, 4) is 0 Å². The van der Waals surface area contributed by atoms with Crippen LogP contribution in [0.4, 0.5) is 0 Å². The van der Waals surface area contributed by atoms with E-state index < -0.39 is 10.0 Å². The van der Waals surface area contributed by atoms with Crippen LogP contribution in [0.5, 0.6) is 0 Å². The van der Waals surface area contributed by atoms with Gasteiger partial charge in [0.05, 0.1) is 10.4 Å². The molecule has 3 aromatic rings. The van der Waals surface area contributed by atoms with Gasteiger partial charge >= 0.3 is 0 Å². The normalized spacial score (nSPS) is 15.8. The number of benzene rings is 2. The van der Waals surface area contributed by atoms with Gasteiger partial charge in [-0.25, -0.2) is 8.42 Å². The van der Waals surface area contributed by atoms with Gasteiger partial charge in [-0.1, -0.05) is 24.3 Å². The number of rotatable bonds is 2. The number of aromatic nitrogens is 1. The Morgan fingerprint density at radius 2 is 1.77 bits per heavy atom. The van der Waals surface area contributed by atoms with Crippen LogP contribution in [-0.2, 0) is 10.0 Å². The minimum absolute atomic E-state index is 0. The van der Waals surface area contributed by atoms with Crippen LogP contribution in [0.1, 0.15) is 6.42 Å². The van der Waals surface area contributed by atoms with Crippen LogP contribution in [-0.4, -0.2) is 43.9 Å². The van der Waals surface area contributed by atoms with E-state index >= 15 is 0 Å². The molecule has 0 radical (unpaired) electrons. The van der Waals surface area contributed by atoms with Crippen LogP contribution in [0, 0.1) is 0 Å². The fourth-order valence-corrected chi connectivity index (χ4v) is 4.71. The van der Waals surface area contributed by atoms with Gasteiger partial charge < -0.3 is 5.32 Å². The first-order valence-electron chi connectivity index (χ1n) is 8.15. The lowest BCUT2D eigenvalue weighted by atomic mass is 10.1. The number of hydrogen-bond acceptors (Lipinski definition) is 4. The summed E-state index contributed by atoms with van der Waals surface area (Å²) in [5, 5.41) is 6.15. The van der Waals surface area contributed by atoms with E-state index in [4.69, 9.17) is 0 Å². The molecule has 26 heavy (non-hydrogen) atoms. The van der Waals surface area contributed by atoms with Crippen molar-refractivity contribution in [2.45, 2.75) is 11.3 Å². The highest BCUT2D eigenvalue weighted by Gasteiger charge is 2.25. The number of sulfonamides is 1. The summed E-state index contributed by atoms with van der Waals surface area (Å²) >= 11 is 0. The highest BCUT2D eigenvalue weighted by atomic mass is 35.5. The summed E-state index contributed by atoms with van der Waals surface area (Å²) in [6.07, 6.45) is 2.66. The fraction of sp³-hybridized carbons (Fsp3) is 0.278. The van der Waals surface area contributed by atoms with Crippen molar-refractivity contribution in [3.63, 3.8) is 0 Å². The third-order valence-electron chi connectivity index (χ3n) is 4.50. The topological polar surface area (TPSA) is 62.3 Å². The van der Waals surface area contributed by atoms with Crippen molar-refractivity contribution in [1.29, 1.82) is 0 Å². The van der Waals surface area contributed by atoms with Crippen molar-refractivity contribution in [2.24, 2.45) is 0 Å². The Balaban J connectivity index is 0.00000121. The van der Waals surface area contributed by atoms with Gasteiger partial charge in [0, 0.05) is 36.6 Å². The average molecular weight is 414 g/mol. The lowest BCUT2D eigenvalue weighted by Crippen LogP contribution is -2.34. The average Bonchev–Trinajstić information content (AvgIpc) is 2.91. The molecule has 0 saturated carbocycles. The molecule has 140 valence electrons. The zero-order valence-corrected chi connectivity index (χ0v) is 16.5. The Bertz CT molecular complexity index is 1000.